The van der Waals surface area contributed by atoms with Crippen LogP contribution < -0.4 is 0 Å². The van der Waals surface area contributed by atoms with Crippen LogP contribution in [0.3, 0.4) is 0 Å². The second kappa shape index (κ2) is 11.3. The molecular weight excluding hydrogens is 668 g/mol. The minimum absolute atomic E-state index is 0.0276. The number of aliphatic hydroxyl groups is 2. The van der Waals surface area contributed by atoms with Crippen molar-refractivity contribution in [3.8, 4) is 0 Å². The number of carbonyl (C=O) groups excluding carboxylic acids is 2. The first-order valence-electron chi connectivity index (χ1n) is 16.4. The van der Waals surface area contributed by atoms with E-state index in [9.17, 15) is 28.2 Å². The van der Waals surface area contributed by atoms with Crippen molar-refractivity contribution in [2.75, 3.05) is 54.4 Å². The van der Waals surface area contributed by atoms with Crippen LogP contribution in [0.15, 0.2) is 8.83 Å². The molecule has 49 heavy (non-hydrogen) atoms. The third-order valence-electron chi connectivity index (χ3n) is 10.8. The quantitative estimate of drug-likeness (QED) is 0.298. The lowest BCUT2D eigenvalue weighted by molar-refractivity contribution is -0.101. The molecule has 6 atom stereocenters. The van der Waals surface area contributed by atoms with E-state index < -0.39 is 69.7 Å². The molecule has 2 spiro atoms. The summed E-state index contributed by atoms with van der Waals surface area (Å²) < 4.78 is 49.4. The number of carbonyl (C=O) groups is 2. The van der Waals surface area contributed by atoms with Crippen molar-refractivity contribution < 1.29 is 45.6 Å². The highest BCUT2D eigenvalue weighted by Gasteiger charge is 2.67. The maximum Gasteiger partial charge on any atom is 0.442 e. The van der Waals surface area contributed by atoms with Gasteiger partial charge in [-0.1, -0.05) is 0 Å². The van der Waals surface area contributed by atoms with Crippen LogP contribution >= 0.6 is 0 Å². The number of aromatic nitrogens is 4. The zero-order chi connectivity index (χ0) is 34.6. The molecule has 8 rings (SSSR count). The van der Waals surface area contributed by atoms with E-state index in [4.69, 9.17) is 17.4 Å². The molecule has 2 N–H and O–H groups in total. The van der Waals surface area contributed by atoms with Gasteiger partial charge in [-0.2, -0.15) is 18.5 Å². The summed E-state index contributed by atoms with van der Waals surface area (Å²) in [5.74, 6) is 0.362. The lowest BCUT2D eigenvalue weighted by Gasteiger charge is -2.35. The van der Waals surface area contributed by atoms with Gasteiger partial charge in [0.25, 0.3) is 0 Å². The lowest BCUT2D eigenvalue weighted by atomic mass is 9.85. The van der Waals surface area contributed by atoms with E-state index in [1.165, 1.54) is 9.80 Å². The summed E-state index contributed by atoms with van der Waals surface area (Å²) >= 11 is 0. The van der Waals surface area contributed by atoms with E-state index in [1.807, 2.05) is 0 Å². The summed E-state index contributed by atoms with van der Waals surface area (Å²) in [7, 11) is 2.22. The fourth-order valence-electron chi connectivity index (χ4n) is 7.96. The number of rotatable bonds is 12. The molecule has 268 valence electrons. The zero-order valence-corrected chi connectivity index (χ0v) is 28.4. The summed E-state index contributed by atoms with van der Waals surface area (Å²) in [4.78, 5) is 33.8. The second-order valence-electron chi connectivity index (χ2n) is 14.8. The molecule has 2 unspecified atom stereocenters. The number of nitrogens with zero attached hydrogens (tertiary/aromatic N) is 10. The van der Waals surface area contributed by atoms with Crippen molar-refractivity contribution >= 4 is 22.5 Å². The molecule has 2 aromatic rings. The van der Waals surface area contributed by atoms with Gasteiger partial charge in [0.1, 0.15) is 24.3 Å². The Balaban J connectivity index is 0.977. The predicted molar refractivity (Wildman–Crippen MR) is 160 cm³/mol. The van der Waals surface area contributed by atoms with Crippen LogP contribution in [0.25, 0.3) is 0 Å². The molecule has 4 aliphatic heterocycles. The van der Waals surface area contributed by atoms with Crippen molar-refractivity contribution in [3.63, 3.8) is 0 Å². The Bertz CT molecular complexity index is 1620. The molecule has 0 aromatic carbocycles. The largest absolute Gasteiger partial charge is 0.442 e. The lowest BCUT2D eigenvalue weighted by Crippen LogP contribution is -2.45. The van der Waals surface area contributed by atoms with Crippen molar-refractivity contribution in [3.05, 3.63) is 23.6 Å². The van der Waals surface area contributed by atoms with E-state index in [2.05, 4.69) is 20.4 Å². The van der Waals surface area contributed by atoms with Crippen molar-refractivity contribution in [2.45, 2.75) is 74.9 Å². The Kier molecular flexibility index (Phi) is 7.52. The van der Waals surface area contributed by atoms with Crippen LogP contribution in [-0.2, 0) is 19.0 Å². The van der Waals surface area contributed by atoms with Crippen LogP contribution in [0.4, 0.5) is 9.59 Å². The zero-order valence-electron chi connectivity index (χ0n) is 27.6. The molecule has 0 radical (unpaired) electrons. The Morgan fingerprint density at radius 2 is 1.14 bits per heavy atom. The number of amides is 4. The molecule has 4 amide bonds. The average molecular weight is 709 g/mol. The van der Waals surface area contributed by atoms with Crippen molar-refractivity contribution in [1.29, 1.82) is 0 Å². The number of urea groups is 2. The van der Waals surface area contributed by atoms with E-state index >= 15 is 0 Å². The summed E-state index contributed by atoms with van der Waals surface area (Å²) in [6.07, 6.45) is 1.79. The van der Waals surface area contributed by atoms with Gasteiger partial charge in [0.2, 0.25) is 23.6 Å². The monoisotopic (exact) mass is 708 g/mol. The minimum atomic E-state index is -4.96. The van der Waals surface area contributed by atoms with Gasteiger partial charge in [0.05, 0.1) is 12.1 Å². The van der Waals surface area contributed by atoms with Gasteiger partial charge in [-0.25, -0.2) is 9.59 Å². The number of fused-ring (bicyclic) bond motifs is 6. The van der Waals surface area contributed by atoms with E-state index in [0.717, 1.165) is 35.8 Å². The third-order valence-corrected chi connectivity index (χ3v) is 11.5. The fourth-order valence-corrected chi connectivity index (χ4v) is 8.72. The van der Waals surface area contributed by atoms with Gasteiger partial charge in [0.15, 0.2) is 0 Å². The molecule has 4 saturated heterocycles. The van der Waals surface area contributed by atoms with Crippen LogP contribution in [-0.4, -0.2) is 147 Å². The molecule has 6 heterocycles. The molecular formula is C28H40N10O10S. The highest BCUT2D eigenvalue weighted by Crippen LogP contribution is 2.63. The van der Waals surface area contributed by atoms with Gasteiger partial charge >= 0.3 is 22.5 Å². The first-order valence-corrected chi connectivity index (χ1v) is 17.7. The van der Waals surface area contributed by atoms with Gasteiger partial charge in [-0.3, -0.25) is 0 Å². The molecule has 2 saturated carbocycles. The minimum Gasteiger partial charge on any atom is -0.420 e. The van der Waals surface area contributed by atoms with Crippen molar-refractivity contribution in [1.82, 2.24) is 50.1 Å². The van der Waals surface area contributed by atoms with Gasteiger partial charge in [-0.05, 0) is 77.5 Å². The van der Waals surface area contributed by atoms with Crippen LogP contribution in [0.1, 0.15) is 86.4 Å². The molecule has 6 aliphatic rings. The first kappa shape index (κ1) is 32.7. The normalized spacial score (nSPS) is 29.3. The maximum absolute atomic E-state index is 13.7. The summed E-state index contributed by atoms with van der Waals surface area (Å²) in [6.45, 7) is 0.852. The molecule has 2 aliphatic carbocycles. The number of hydroxylamine groups is 4. The number of aliphatic hydroxyl groups excluding tert-OH is 2. The standard InChI is InChI=1S/C28H40N10O10S/c1-33(2)11-17(39)23-31-29-21(45-23)15-9-27(5-6-27)19-13-35(15)25(41)37(19)47-49(43,44)48-38-20-14-36(26(38)42)16(10-28(20)7-8-28)22-30-32-24(46-22)18(40)12-34(3)4/h15-20,39-40H,5-14H2,1-4H3/t15-,16-,17?,18?,19-,20-/m0/s1. The Morgan fingerprint density at radius 1 is 0.755 bits per heavy atom. The molecule has 21 heteroatoms. The average Bonchev–Trinajstić information content (AvgIpc) is 3.71. The van der Waals surface area contributed by atoms with Crippen LogP contribution in [0.5, 0.6) is 0 Å². The van der Waals surface area contributed by atoms with Gasteiger partial charge in [0, 0.05) is 26.2 Å². The summed E-state index contributed by atoms with van der Waals surface area (Å²) in [6, 6.07) is -3.85. The van der Waals surface area contributed by atoms with E-state index in [0.29, 0.717) is 12.8 Å². The number of hydrogen-bond donors (Lipinski definition) is 2. The number of piperidine rings is 2. The third kappa shape index (κ3) is 5.54. The van der Waals surface area contributed by atoms with Crippen molar-refractivity contribution in [2.24, 2.45) is 10.8 Å². The molecule has 2 aromatic heterocycles. The first-order chi connectivity index (χ1) is 23.2. The molecule has 20 nitrogen and oxygen atoms in total. The van der Waals surface area contributed by atoms with Gasteiger partial charge in [-0.15, -0.1) is 29.0 Å². The SMILES string of the molecule is CN(C)CC(O)c1nnc([C@@H]2CC3(CC3)[C@@H]3CN2C(=O)N3OS(=O)(=O)ON2C(=O)N3C[C@H]2C2(CC2)C[C@H]3c2nnc(C(O)CN(C)C)o2)o1. The van der Waals surface area contributed by atoms with E-state index in [-0.39, 0.29) is 49.7 Å². The highest BCUT2D eigenvalue weighted by atomic mass is 32.3. The highest BCUT2D eigenvalue weighted by molar-refractivity contribution is 7.81. The van der Waals surface area contributed by atoms with E-state index in [1.54, 1.807) is 38.0 Å². The number of likely N-dealkylation sites (N-methyl/N-ethyl adjacent to an activating group) is 2. The Labute approximate surface area is 281 Å². The fraction of sp³-hybridized carbons (Fsp3) is 0.786. The maximum atomic E-state index is 13.7. The van der Waals surface area contributed by atoms with Crippen LogP contribution in [0, 0.1) is 10.8 Å². The predicted octanol–water partition coefficient (Wildman–Crippen LogP) is 0.113. The molecule has 6 fully saturated rings. The topological polar surface area (TPSA) is 224 Å². The number of hydrogen-bond acceptors (Lipinski definition) is 16. The van der Waals surface area contributed by atoms with Gasteiger partial charge < -0.3 is 38.6 Å². The summed E-state index contributed by atoms with van der Waals surface area (Å²) in [5.41, 5.74) is -0.862. The Hall–Kier alpha value is -3.47. The smallest absolute Gasteiger partial charge is 0.420 e. The Morgan fingerprint density at radius 3 is 1.49 bits per heavy atom. The summed E-state index contributed by atoms with van der Waals surface area (Å²) in [5, 5.41) is 38.8. The molecule has 4 bridgehead atoms. The second-order valence-corrected chi connectivity index (χ2v) is 15.9. The van der Waals surface area contributed by atoms with Crippen LogP contribution in [0.2, 0.25) is 0 Å².